The molecule has 9 nitrogen and oxygen atoms in total. The fraction of sp³-hybridized carbons (Fsp3) is 0.688. The van der Waals surface area contributed by atoms with Gasteiger partial charge in [0.1, 0.15) is 11.6 Å². The number of nitrogens with zero attached hydrogens (tertiary/aromatic N) is 8. The van der Waals surface area contributed by atoms with Gasteiger partial charge in [0, 0.05) is 64.1 Å². The zero-order chi connectivity index (χ0) is 17.9. The molecule has 1 saturated heterocycles. The third-order valence-electron chi connectivity index (χ3n) is 4.93. The summed E-state index contributed by atoms with van der Waals surface area (Å²) in [4.78, 5) is 13.6. The van der Waals surface area contributed by atoms with E-state index in [9.17, 15) is 0 Å². The van der Waals surface area contributed by atoms with Crippen LogP contribution in [0, 0.1) is 0 Å². The number of piperazine rings is 1. The summed E-state index contributed by atoms with van der Waals surface area (Å²) in [5.41, 5.74) is 0. The molecule has 2 aromatic heterocycles. The van der Waals surface area contributed by atoms with Gasteiger partial charge in [-0.2, -0.15) is 4.37 Å². The van der Waals surface area contributed by atoms with Crippen molar-refractivity contribution in [2.24, 2.45) is 4.99 Å². The molecule has 0 aromatic carbocycles. The molecule has 2 aliphatic heterocycles. The van der Waals surface area contributed by atoms with Crippen molar-refractivity contribution < 1.29 is 0 Å². The molecule has 0 bridgehead atoms. The van der Waals surface area contributed by atoms with Gasteiger partial charge in [-0.1, -0.05) is 6.92 Å². The maximum atomic E-state index is 4.60. The van der Waals surface area contributed by atoms with Gasteiger partial charge in [-0.3, -0.25) is 4.99 Å². The van der Waals surface area contributed by atoms with Gasteiger partial charge in [0.25, 0.3) is 0 Å². The Morgan fingerprint density at radius 1 is 1.19 bits per heavy atom. The number of hydrogen-bond acceptors (Lipinski definition) is 7. The van der Waals surface area contributed by atoms with Crippen LogP contribution in [0.5, 0.6) is 0 Å². The summed E-state index contributed by atoms with van der Waals surface area (Å²) < 4.78 is 6.61. The summed E-state index contributed by atoms with van der Waals surface area (Å²) >= 11 is 1.50. The highest BCUT2D eigenvalue weighted by molar-refractivity contribution is 7.09. The van der Waals surface area contributed by atoms with Gasteiger partial charge in [-0.15, -0.1) is 10.2 Å². The first-order chi connectivity index (χ1) is 12.8. The highest BCUT2D eigenvalue weighted by atomic mass is 32.1. The van der Waals surface area contributed by atoms with Crippen LogP contribution >= 0.6 is 11.5 Å². The lowest BCUT2D eigenvalue weighted by atomic mass is 10.3. The second-order valence-electron chi connectivity index (χ2n) is 6.51. The van der Waals surface area contributed by atoms with E-state index in [1.54, 1.807) is 0 Å². The Hall–Kier alpha value is -2.23. The number of guanidine groups is 1. The molecule has 4 heterocycles. The van der Waals surface area contributed by atoms with E-state index in [1.165, 1.54) is 18.0 Å². The Morgan fingerprint density at radius 2 is 2.04 bits per heavy atom. The van der Waals surface area contributed by atoms with Crippen LogP contribution in [0.2, 0.25) is 0 Å². The summed E-state index contributed by atoms with van der Waals surface area (Å²) in [7, 11) is 1.83. The van der Waals surface area contributed by atoms with Crippen molar-refractivity contribution in [1.29, 1.82) is 0 Å². The van der Waals surface area contributed by atoms with E-state index in [1.807, 2.05) is 7.05 Å². The van der Waals surface area contributed by atoms with E-state index in [4.69, 9.17) is 0 Å². The van der Waals surface area contributed by atoms with Crippen molar-refractivity contribution in [3.63, 3.8) is 0 Å². The smallest absolute Gasteiger partial charge is 0.205 e. The van der Waals surface area contributed by atoms with Gasteiger partial charge in [-0.25, -0.2) is 4.98 Å². The van der Waals surface area contributed by atoms with Crippen LogP contribution in [0.25, 0.3) is 0 Å². The van der Waals surface area contributed by atoms with E-state index in [-0.39, 0.29) is 0 Å². The molecule has 0 radical (unpaired) electrons. The predicted octanol–water partition coefficient (Wildman–Crippen LogP) is 0.536. The Labute approximate surface area is 157 Å². The highest BCUT2D eigenvalue weighted by Crippen LogP contribution is 2.19. The maximum Gasteiger partial charge on any atom is 0.205 e. The molecule has 1 fully saturated rings. The molecule has 26 heavy (non-hydrogen) atoms. The number of aliphatic imine (C=N–C) groups is 1. The lowest BCUT2D eigenvalue weighted by molar-refractivity contribution is 0.371. The average molecular weight is 376 g/mol. The minimum Gasteiger partial charge on any atom is -0.349 e. The zero-order valence-electron chi connectivity index (χ0n) is 15.3. The number of rotatable bonds is 4. The van der Waals surface area contributed by atoms with E-state index in [0.29, 0.717) is 6.54 Å². The highest BCUT2D eigenvalue weighted by Gasteiger charge is 2.23. The standard InChI is InChI=1S/C16H25N9S/c1-3-12-19-16(26-22-12)24-9-7-23(8-10-24)15(17-2)18-11-14-21-20-13-5-4-6-25(13)14/h3-11H2,1-2H3,(H,17,18). The normalized spacial score (nSPS) is 17.7. The molecule has 2 aromatic rings. The van der Waals surface area contributed by atoms with E-state index < -0.39 is 0 Å². The van der Waals surface area contributed by atoms with Crippen LogP contribution < -0.4 is 10.2 Å². The molecule has 0 saturated carbocycles. The molecule has 2 aliphatic rings. The number of nitrogens with one attached hydrogen (secondary N) is 1. The molecule has 140 valence electrons. The van der Waals surface area contributed by atoms with Crippen molar-refractivity contribution >= 4 is 22.6 Å². The summed E-state index contributed by atoms with van der Waals surface area (Å²) in [6.45, 7) is 7.47. The minimum atomic E-state index is 0.663. The van der Waals surface area contributed by atoms with Crippen LogP contribution in [-0.2, 0) is 25.9 Å². The van der Waals surface area contributed by atoms with Gasteiger partial charge >= 0.3 is 0 Å². The van der Waals surface area contributed by atoms with Crippen LogP contribution in [0.4, 0.5) is 5.13 Å². The number of fused-ring (bicyclic) bond motifs is 1. The Bertz CT molecular complexity index is 773. The lowest BCUT2D eigenvalue weighted by Gasteiger charge is -2.36. The molecule has 0 atom stereocenters. The molecule has 1 N–H and O–H groups in total. The summed E-state index contributed by atoms with van der Waals surface area (Å²) in [5.74, 6) is 3.96. The maximum absolute atomic E-state index is 4.60. The lowest BCUT2D eigenvalue weighted by Crippen LogP contribution is -2.52. The van der Waals surface area contributed by atoms with Crippen molar-refractivity contribution in [3.8, 4) is 0 Å². The molecule has 0 aliphatic carbocycles. The molecule has 4 rings (SSSR count). The second-order valence-corrected chi connectivity index (χ2v) is 7.24. The number of hydrogen-bond donors (Lipinski definition) is 1. The first-order valence-electron chi connectivity index (χ1n) is 9.22. The monoisotopic (exact) mass is 375 g/mol. The first kappa shape index (κ1) is 17.2. The minimum absolute atomic E-state index is 0.663. The Morgan fingerprint density at radius 3 is 2.77 bits per heavy atom. The Balaban J connectivity index is 1.32. The largest absolute Gasteiger partial charge is 0.349 e. The van der Waals surface area contributed by atoms with Gasteiger partial charge < -0.3 is 19.7 Å². The molecule has 10 heteroatoms. The fourth-order valence-electron chi connectivity index (χ4n) is 3.46. The van der Waals surface area contributed by atoms with Gasteiger partial charge in [-0.05, 0) is 6.42 Å². The van der Waals surface area contributed by atoms with Gasteiger partial charge in [0.15, 0.2) is 11.8 Å². The third-order valence-corrected chi connectivity index (χ3v) is 5.74. The van der Waals surface area contributed by atoms with E-state index in [2.05, 4.69) is 51.2 Å². The number of aryl methyl sites for hydroxylation is 2. The molecule has 0 unspecified atom stereocenters. The second kappa shape index (κ2) is 7.56. The molecular formula is C16H25N9S. The molecule has 0 spiro atoms. The fourth-order valence-corrected chi connectivity index (χ4v) is 4.26. The van der Waals surface area contributed by atoms with Crippen molar-refractivity contribution in [1.82, 2.24) is 34.3 Å². The third kappa shape index (κ3) is 3.37. The quantitative estimate of drug-likeness (QED) is 0.616. The molecular weight excluding hydrogens is 350 g/mol. The van der Waals surface area contributed by atoms with Crippen LogP contribution in [-0.4, -0.2) is 68.2 Å². The van der Waals surface area contributed by atoms with Crippen LogP contribution in [0.1, 0.15) is 30.8 Å². The topological polar surface area (TPSA) is 87.4 Å². The first-order valence-corrected chi connectivity index (χ1v) is 10.00. The predicted molar refractivity (Wildman–Crippen MR) is 102 cm³/mol. The average Bonchev–Trinajstić information content (AvgIpc) is 3.40. The Kier molecular flexibility index (Phi) is 5.00. The zero-order valence-corrected chi connectivity index (χ0v) is 16.2. The van der Waals surface area contributed by atoms with Crippen molar-refractivity contribution in [2.75, 3.05) is 38.1 Å². The number of aromatic nitrogens is 5. The molecule has 0 amide bonds. The van der Waals surface area contributed by atoms with E-state index >= 15 is 0 Å². The number of anilines is 1. The van der Waals surface area contributed by atoms with Gasteiger partial charge in [0.2, 0.25) is 5.13 Å². The summed E-state index contributed by atoms with van der Waals surface area (Å²) in [6.07, 6.45) is 3.09. The summed E-state index contributed by atoms with van der Waals surface area (Å²) in [6, 6.07) is 0. The van der Waals surface area contributed by atoms with Crippen LogP contribution in [0.3, 0.4) is 0 Å². The summed E-state index contributed by atoms with van der Waals surface area (Å²) in [5, 5.41) is 13.1. The van der Waals surface area contributed by atoms with Crippen molar-refractivity contribution in [3.05, 3.63) is 17.5 Å². The van der Waals surface area contributed by atoms with E-state index in [0.717, 1.165) is 74.1 Å². The van der Waals surface area contributed by atoms with Gasteiger partial charge in [0.05, 0.1) is 6.54 Å². The SMILES string of the molecule is CCc1nsc(N2CCN(C(=NC)NCc3nnc4n3CCC4)CC2)n1. The van der Waals surface area contributed by atoms with Crippen LogP contribution in [0.15, 0.2) is 4.99 Å². The van der Waals surface area contributed by atoms with Crippen molar-refractivity contribution in [2.45, 2.75) is 39.3 Å².